The highest BCUT2D eigenvalue weighted by Gasteiger charge is 2.38. The Balaban J connectivity index is 2.74. The van der Waals surface area contributed by atoms with Gasteiger partial charge in [-0.25, -0.2) is 0 Å². The fraction of sp³-hybridized carbons (Fsp3) is 0.727. The molecule has 0 heterocycles. The average Bonchev–Trinajstić information content (AvgIpc) is 2.70. The van der Waals surface area contributed by atoms with Crippen LogP contribution in [0.1, 0.15) is 25.7 Å². The molecule has 1 fully saturated rings. The van der Waals surface area contributed by atoms with E-state index in [2.05, 4.69) is 9.47 Å². The summed E-state index contributed by atoms with van der Waals surface area (Å²) in [5.74, 6) is -2.03. The van der Waals surface area contributed by atoms with Crippen LogP contribution in [0.3, 0.4) is 0 Å². The van der Waals surface area contributed by atoms with E-state index in [1.807, 2.05) is 0 Å². The van der Waals surface area contributed by atoms with Gasteiger partial charge in [-0.2, -0.15) is 0 Å². The van der Waals surface area contributed by atoms with Crippen LogP contribution in [0.2, 0.25) is 0 Å². The number of esters is 2. The Morgan fingerprint density at radius 1 is 1.38 bits per heavy atom. The third-order valence-electron chi connectivity index (χ3n) is 2.96. The zero-order valence-electron chi connectivity index (χ0n) is 9.52. The minimum absolute atomic E-state index is 0.0410. The Morgan fingerprint density at radius 3 is 2.50 bits per heavy atom. The zero-order valence-corrected chi connectivity index (χ0v) is 9.52. The molecule has 5 heteroatoms. The standard InChI is InChI=1S/C11H16O5/c1-15-10(13)6-8(11(14)16-2)7-4-3-5-9(7)12/h7-8H,3-6H2,1-2H3. The predicted molar refractivity (Wildman–Crippen MR) is 54.5 cm³/mol. The highest BCUT2D eigenvalue weighted by Crippen LogP contribution is 2.31. The molecule has 1 rings (SSSR count). The Bertz CT molecular complexity index is 297. The Labute approximate surface area is 94.1 Å². The summed E-state index contributed by atoms with van der Waals surface area (Å²) in [5.41, 5.74) is 0. The lowest BCUT2D eigenvalue weighted by molar-refractivity contribution is -0.155. The van der Waals surface area contributed by atoms with Crippen molar-refractivity contribution in [2.45, 2.75) is 25.7 Å². The van der Waals surface area contributed by atoms with Crippen LogP contribution in [-0.4, -0.2) is 31.9 Å². The average molecular weight is 228 g/mol. The predicted octanol–water partition coefficient (Wildman–Crippen LogP) is 0.708. The number of ketones is 1. The largest absolute Gasteiger partial charge is 0.469 e. The molecule has 1 aliphatic rings. The zero-order chi connectivity index (χ0) is 12.1. The monoisotopic (exact) mass is 228 g/mol. The molecule has 1 saturated carbocycles. The van der Waals surface area contributed by atoms with Crippen molar-refractivity contribution in [2.75, 3.05) is 14.2 Å². The summed E-state index contributed by atoms with van der Waals surface area (Å²) in [7, 11) is 2.51. The molecule has 0 saturated heterocycles. The maximum absolute atomic E-state index is 11.5. The van der Waals surface area contributed by atoms with Crippen LogP contribution in [0, 0.1) is 11.8 Å². The van der Waals surface area contributed by atoms with Crippen molar-refractivity contribution >= 4 is 17.7 Å². The first-order valence-electron chi connectivity index (χ1n) is 5.27. The Morgan fingerprint density at radius 2 is 2.06 bits per heavy atom. The molecule has 2 unspecified atom stereocenters. The van der Waals surface area contributed by atoms with Crippen LogP contribution in [0.5, 0.6) is 0 Å². The third-order valence-corrected chi connectivity index (χ3v) is 2.96. The van der Waals surface area contributed by atoms with Gasteiger partial charge in [0.15, 0.2) is 0 Å². The molecule has 2 atom stereocenters. The number of carbonyl (C=O) groups excluding carboxylic acids is 3. The number of Topliss-reactive ketones (excluding diaryl/α,β-unsaturated/α-hetero) is 1. The Kier molecular flexibility index (Phi) is 4.46. The molecule has 90 valence electrons. The van der Waals surface area contributed by atoms with E-state index in [0.29, 0.717) is 12.8 Å². The second kappa shape index (κ2) is 5.63. The van der Waals surface area contributed by atoms with Crippen LogP contribution in [0.25, 0.3) is 0 Å². The van der Waals surface area contributed by atoms with E-state index in [1.165, 1.54) is 14.2 Å². The molecule has 0 aliphatic heterocycles. The first-order valence-corrected chi connectivity index (χ1v) is 5.27. The van der Waals surface area contributed by atoms with Crippen molar-refractivity contribution in [1.82, 2.24) is 0 Å². The minimum Gasteiger partial charge on any atom is -0.469 e. The van der Waals surface area contributed by atoms with Crippen molar-refractivity contribution in [3.8, 4) is 0 Å². The van der Waals surface area contributed by atoms with Gasteiger partial charge in [0.25, 0.3) is 0 Å². The van der Waals surface area contributed by atoms with Crippen molar-refractivity contribution < 1.29 is 23.9 Å². The number of rotatable bonds is 4. The summed E-state index contributed by atoms with van der Waals surface area (Å²) in [5, 5.41) is 0. The number of ether oxygens (including phenoxy) is 2. The van der Waals surface area contributed by atoms with Crippen molar-refractivity contribution in [3.63, 3.8) is 0 Å². The van der Waals surface area contributed by atoms with Crippen molar-refractivity contribution in [2.24, 2.45) is 11.8 Å². The maximum Gasteiger partial charge on any atom is 0.309 e. The van der Waals surface area contributed by atoms with E-state index >= 15 is 0 Å². The SMILES string of the molecule is COC(=O)CC(C(=O)OC)C1CCCC1=O. The van der Waals surface area contributed by atoms with Crippen LogP contribution in [0.15, 0.2) is 0 Å². The second-order valence-electron chi connectivity index (χ2n) is 3.87. The maximum atomic E-state index is 11.5. The summed E-state index contributed by atoms with van der Waals surface area (Å²) < 4.78 is 9.13. The molecule has 0 aromatic carbocycles. The van der Waals surface area contributed by atoms with E-state index in [-0.39, 0.29) is 18.1 Å². The van der Waals surface area contributed by atoms with Crippen LogP contribution >= 0.6 is 0 Å². The van der Waals surface area contributed by atoms with Gasteiger partial charge in [-0.1, -0.05) is 0 Å². The summed E-state index contributed by atoms with van der Waals surface area (Å²) in [6.07, 6.45) is 1.83. The number of hydrogen-bond acceptors (Lipinski definition) is 5. The quantitative estimate of drug-likeness (QED) is 0.663. The highest BCUT2D eigenvalue weighted by atomic mass is 16.5. The number of carbonyl (C=O) groups is 3. The molecule has 0 amide bonds. The summed E-state index contributed by atoms with van der Waals surface area (Å²) in [6, 6.07) is 0. The molecular formula is C11H16O5. The molecule has 0 N–H and O–H groups in total. The number of hydrogen-bond donors (Lipinski definition) is 0. The van der Waals surface area contributed by atoms with E-state index in [1.54, 1.807) is 0 Å². The highest BCUT2D eigenvalue weighted by molar-refractivity contribution is 5.90. The topological polar surface area (TPSA) is 69.7 Å². The first kappa shape index (κ1) is 12.7. The molecule has 0 radical (unpaired) electrons. The van der Waals surface area contributed by atoms with Gasteiger partial charge in [0.1, 0.15) is 5.78 Å². The lowest BCUT2D eigenvalue weighted by Gasteiger charge is -2.18. The number of methoxy groups -OCH3 is 2. The van der Waals surface area contributed by atoms with E-state index in [0.717, 1.165) is 6.42 Å². The van der Waals surface area contributed by atoms with Crippen molar-refractivity contribution in [3.05, 3.63) is 0 Å². The summed E-state index contributed by atoms with van der Waals surface area (Å²) in [6.45, 7) is 0. The molecule has 0 spiro atoms. The molecule has 5 nitrogen and oxygen atoms in total. The van der Waals surface area contributed by atoms with Gasteiger partial charge < -0.3 is 9.47 Å². The Hall–Kier alpha value is -1.39. The van der Waals surface area contributed by atoms with Crippen LogP contribution in [0.4, 0.5) is 0 Å². The van der Waals surface area contributed by atoms with Crippen LogP contribution < -0.4 is 0 Å². The van der Waals surface area contributed by atoms with E-state index in [9.17, 15) is 14.4 Å². The lowest BCUT2D eigenvalue weighted by atomic mass is 9.87. The van der Waals surface area contributed by atoms with Gasteiger partial charge in [0.05, 0.1) is 26.6 Å². The minimum atomic E-state index is -0.688. The normalized spacial score (nSPS) is 21.6. The van der Waals surface area contributed by atoms with E-state index < -0.39 is 17.9 Å². The van der Waals surface area contributed by atoms with Gasteiger partial charge in [-0.05, 0) is 12.8 Å². The first-order chi connectivity index (χ1) is 7.60. The van der Waals surface area contributed by atoms with Gasteiger partial charge in [0, 0.05) is 12.3 Å². The molecule has 1 aliphatic carbocycles. The summed E-state index contributed by atoms with van der Waals surface area (Å²) >= 11 is 0. The van der Waals surface area contributed by atoms with Gasteiger partial charge in [-0.15, -0.1) is 0 Å². The third kappa shape index (κ3) is 2.81. The van der Waals surface area contributed by atoms with Gasteiger partial charge in [0.2, 0.25) is 0 Å². The molecule has 0 aromatic rings. The lowest BCUT2D eigenvalue weighted by Crippen LogP contribution is -2.30. The van der Waals surface area contributed by atoms with Crippen molar-refractivity contribution in [1.29, 1.82) is 0 Å². The smallest absolute Gasteiger partial charge is 0.309 e. The second-order valence-corrected chi connectivity index (χ2v) is 3.87. The molecule has 0 bridgehead atoms. The summed E-state index contributed by atoms with van der Waals surface area (Å²) in [4.78, 5) is 34.2. The van der Waals surface area contributed by atoms with Crippen LogP contribution in [-0.2, 0) is 23.9 Å². The molecular weight excluding hydrogens is 212 g/mol. The fourth-order valence-corrected chi connectivity index (χ4v) is 2.07. The van der Waals surface area contributed by atoms with Gasteiger partial charge >= 0.3 is 11.9 Å². The van der Waals surface area contributed by atoms with E-state index in [4.69, 9.17) is 0 Å². The van der Waals surface area contributed by atoms with Gasteiger partial charge in [-0.3, -0.25) is 14.4 Å². The fourth-order valence-electron chi connectivity index (χ4n) is 2.07. The molecule has 16 heavy (non-hydrogen) atoms. The molecule has 0 aromatic heterocycles.